The van der Waals surface area contributed by atoms with Gasteiger partial charge in [-0.05, 0) is 60.6 Å². The Morgan fingerprint density at radius 1 is 1.19 bits per heavy atom. The van der Waals surface area contributed by atoms with Gasteiger partial charge in [0.25, 0.3) is 0 Å². The summed E-state index contributed by atoms with van der Waals surface area (Å²) in [5, 5.41) is 18.0. The number of aryl methyl sites for hydroxylation is 1. The van der Waals surface area contributed by atoms with Crippen molar-refractivity contribution in [3.63, 3.8) is 0 Å². The van der Waals surface area contributed by atoms with Gasteiger partial charge >= 0.3 is 5.13 Å². The van der Waals surface area contributed by atoms with Crippen LogP contribution in [-0.2, 0) is 21.6 Å². The first-order valence-electron chi connectivity index (χ1n) is 9.79. The highest BCUT2D eigenvalue weighted by molar-refractivity contribution is 7.80. The lowest BCUT2D eigenvalue weighted by molar-refractivity contribution is -0.627. The highest BCUT2D eigenvalue weighted by atomic mass is 32.3. The molecular weight excluding hydrogens is 452 g/mol. The Kier molecular flexibility index (Phi) is 7.51. The lowest BCUT2D eigenvalue weighted by Gasteiger charge is -2.20. The van der Waals surface area contributed by atoms with Crippen molar-refractivity contribution >= 4 is 59.4 Å². The quantitative estimate of drug-likeness (QED) is 0.194. The Hall–Kier alpha value is -2.93. The molecule has 12 heteroatoms. The second-order valence-electron chi connectivity index (χ2n) is 6.68. The van der Waals surface area contributed by atoms with E-state index in [1.165, 1.54) is 10.4 Å². The third-order valence-electron chi connectivity index (χ3n) is 4.80. The molecule has 2 aromatic heterocycles. The zero-order chi connectivity index (χ0) is 23.3. The summed E-state index contributed by atoms with van der Waals surface area (Å²) in [6.07, 6.45) is 1.84. The first-order chi connectivity index (χ1) is 15.3. The predicted octanol–water partition coefficient (Wildman–Crippen LogP) is 3.96. The molecule has 4 rings (SSSR count). The molecule has 2 aromatic carbocycles. The molecular formula is C20H24N6O4S2. The van der Waals surface area contributed by atoms with E-state index < -0.39 is 10.4 Å². The van der Waals surface area contributed by atoms with E-state index in [2.05, 4.69) is 72.2 Å². The van der Waals surface area contributed by atoms with Crippen LogP contribution in [0.2, 0.25) is 0 Å². The second-order valence-corrected chi connectivity index (χ2v) is 8.84. The summed E-state index contributed by atoms with van der Waals surface area (Å²) < 4.78 is 34.3. The van der Waals surface area contributed by atoms with Crippen molar-refractivity contribution in [3.8, 4) is 0 Å². The highest BCUT2D eigenvalue weighted by Crippen LogP contribution is 2.30. The summed E-state index contributed by atoms with van der Waals surface area (Å²) in [6, 6.07) is 12.5. The van der Waals surface area contributed by atoms with Crippen LogP contribution in [-0.4, -0.2) is 43.4 Å². The normalized spacial score (nSPS) is 11.8. The summed E-state index contributed by atoms with van der Waals surface area (Å²) in [6.45, 7) is 6.32. The van der Waals surface area contributed by atoms with Crippen LogP contribution in [0.5, 0.6) is 0 Å². The molecule has 4 aromatic rings. The number of nitrogens with one attached hydrogen (secondary N) is 1. The Bertz CT molecular complexity index is 1330. The molecule has 0 amide bonds. The van der Waals surface area contributed by atoms with E-state index in [1.807, 2.05) is 25.4 Å². The predicted molar refractivity (Wildman–Crippen MR) is 124 cm³/mol. The minimum Gasteiger partial charge on any atom is -0.726 e. The number of rotatable bonds is 6. The smallest absolute Gasteiger partial charge is 0.409 e. The number of nitrogens with zero attached hydrogens (tertiary/aromatic N) is 5. The van der Waals surface area contributed by atoms with Gasteiger partial charge in [0.05, 0.1) is 35.7 Å². The van der Waals surface area contributed by atoms with Crippen molar-refractivity contribution in [1.82, 2.24) is 10.2 Å². The van der Waals surface area contributed by atoms with E-state index in [0.717, 1.165) is 47.4 Å². The Labute approximate surface area is 190 Å². The van der Waals surface area contributed by atoms with Crippen LogP contribution in [0, 0.1) is 0 Å². The molecule has 2 heterocycles. The molecule has 0 saturated carbocycles. The van der Waals surface area contributed by atoms with Gasteiger partial charge in [-0.2, -0.15) is 5.10 Å². The summed E-state index contributed by atoms with van der Waals surface area (Å²) in [4.78, 5) is 2.31. The molecule has 0 spiro atoms. The molecule has 0 aliphatic carbocycles. The third kappa shape index (κ3) is 5.65. The molecule has 1 N–H and O–H groups in total. The first-order valence-corrected chi connectivity index (χ1v) is 11.9. The van der Waals surface area contributed by atoms with Crippen LogP contribution in [0.25, 0.3) is 21.1 Å². The van der Waals surface area contributed by atoms with Gasteiger partial charge in [-0.3, -0.25) is 9.28 Å². The van der Waals surface area contributed by atoms with Crippen molar-refractivity contribution in [3.05, 3.63) is 42.6 Å². The minimum atomic E-state index is -4.41. The number of fused-ring (bicyclic) bond motifs is 2. The van der Waals surface area contributed by atoms with E-state index in [1.54, 1.807) is 11.3 Å². The SMILES string of the molecule is CCN(CC)c1ccc(/N=N/c2sc3cc4cn[nH]c4cc3[n+]2C)cc1.COS(=O)(=O)[O-]. The molecule has 0 saturated heterocycles. The maximum atomic E-state index is 9.22. The molecule has 10 nitrogen and oxygen atoms in total. The average molecular weight is 477 g/mol. The summed E-state index contributed by atoms with van der Waals surface area (Å²) in [5.74, 6) is 0. The number of benzene rings is 2. The fraction of sp³-hybridized carbons (Fsp3) is 0.300. The monoisotopic (exact) mass is 476 g/mol. The second kappa shape index (κ2) is 10.1. The molecule has 170 valence electrons. The van der Waals surface area contributed by atoms with Crippen LogP contribution in [0.15, 0.2) is 52.8 Å². The van der Waals surface area contributed by atoms with Gasteiger partial charge in [-0.15, -0.1) is 0 Å². The Morgan fingerprint density at radius 3 is 2.44 bits per heavy atom. The number of azo groups is 1. The van der Waals surface area contributed by atoms with Crippen LogP contribution in [0.1, 0.15) is 13.8 Å². The van der Waals surface area contributed by atoms with Crippen molar-refractivity contribution in [2.24, 2.45) is 17.3 Å². The van der Waals surface area contributed by atoms with E-state index in [0.29, 0.717) is 0 Å². The number of hydrogen-bond acceptors (Lipinski definition) is 9. The van der Waals surface area contributed by atoms with Crippen LogP contribution < -0.4 is 9.47 Å². The molecule has 0 radical (unpaired) electrons. The maximum absolute atomic E-state index is 9.22. The lowest BCUT2D eigenvalue weighted by atomic mass is 10.2. The number of H-pyrrole nitrogens is 1. The van der Waals surface area contributed by atoms with E-state index in [9.17, 15) is 13.0 Å². The van der Waals surface area contributed by atoms with Gasteiger partial charge in [0.2, 0.25) is 10.4 Å². The number of hydrogen-bond donors (Lipinski definition) is 1. The fourth-order valence-corrected chi connectivity index (χ4v) is 4.08. The van der Waals surface area contributed by atoms with E-state index in [4.69, 9.17) is 0 Å². The Morgan fingerprint density at radius 2 is 1.84 bits per heavy atom. The van der Waals surface area contributed by atoms with Gasteiger partial charge in [0.15, 0.2) is 0 Å². The maximum Gasteiger partial charge on any atom is 0.409 e. The van der Waals surface area contributed by atoms with Gasteiger partial charge < -0.3 is 9.45 Å². The van der Waals surface area contributed by atoms with Crippen LogP contribution in [0.4, 0.5) is 16.5 Å². The van der Waals surface area contributed by atoms with Gasteiger partial charge in [0, 0.05) is 30.2 Å². The molecule has 0 aliphatic rings. The number of aromatic amines is 1. The summed E-state index contributed by atoms with van der Waals surface area (Å²) in [7, 11) is -1.59. The highest BCUT2D eigenvalue weighted by Gasteiger charge is 2.17. The molecule has 0 bridgehead atoms. The van der Waals surface area contributed by atoms with Crippen LogP contribution in [0.3, 0.4) is 0 Å². The van der Waals surface area contributed by atoms with E-state index >= 15 is 0 Å². The van der Waals surface area contributed by atoms with E-state index in [-0.39, 0.29) is 0 Å². The lowest BCUT2D eigenvalue weighted by Crippen LogP contribution is -2.25. The zero-order valence-electron chi connectivity index (χ0n) is 18.1. The average Bonchev–Trinajstić information content (AvgIpc) is 3.36. The fourth-order valence-electron chi connectivity index (χ4n) is 3.08. The largest absolute Gasteiger partial charge is 0.726 e. The standard InChI is InChI=1S/C19H21N6S.CH4O4S/c1-4-25(5-2)15-8-6-14(7-9-15)21-23-19-24(3)17-11-16-13(12-20-22-16)10-18(17)26-19;1-5-6(2,3)4/h6-12H,4-5H2,1-3H3,(H,20,22);1H3,(H,2,3,4)/q+1;/p-1. The summed E-state index contributed by atoms with van der Waals surface area (Å²) >= 11 is 1.63. The summed E-state index contributed by atoms with van der Waals surface area (Å²) in [5.41, 5.74) is 4.22. The third-order valence-corrected chi connectivity index (χ3v) is 6.30. The van der Waals surface area contributed by atoms with Crippen molar-refractivity contribution in [2.45, 2.75) is 13.8 Å². The Balaban J connectivity index is 0.000000427. The zero-order valence-corrected chi connectivity index (χ0v) is 19.8. The molecule has 0 atom stereocenters. The van der Waals surface area contributed by atoms with Gasteiger partial charge in [0.1, 0.15) is 11.2 Å². The number of thiazole rings is 1. The molecule has 0 unspecified atom stereocenters. The molecule has 0 fully saturated rings. The number of aromatic nitrogens is 3. The van der Waals surface area contributed by atoms with Crippen molar-refractivity contribution in [1.29, 1.82) is 0 Å². The molecule has 32 heavy (non-hydrogen) atoms. The first kappa shape index (κ1) is 23.7. The van der Waals surface area contributed by atoms with Crippen LogP contribution >= 0.6 is 11.3 Å². The van der Waals surface area contributed by atoms with Gasteiger partial charge in [-0.1, -0.05) is 0 Å². The number of anilines is 1. The molecule has 0 aliphatic heterocycles. The topological polar surface area (TPSA) is 127 Å². The van der Waals surface area contributed by atoms with Crippen molar-refractivity contribution in [2.75, 3.05) is 25.1 Å². The minimum absolute atomic E-state index is 0.808. The van der Waals surface area contributed by atoms with Crippen molar-refractivity contribution < 1.29 is 21.7 Å². The van der Waals surface area contributed by atoms with Gasteiger partial charge in [-0.25, -0.2) is 13.0 Å².